The normalized spacial score (nSPS) is 11.6. The highest BCUT2D eigenvalue weighted by Crippen LogP contribution is 2.22. The first-order chi connectivity index (χ1) is 9.55. The second-order valence-corrected chi connectivity index (χ2v) is 6.02. The van der Waals surface area contributed by atoms with Gasteiger partial charge in [-0.3, -0.25) is 0 Å². The summed E-state index contributed by atoms with van der Waals surface area (Å²) >= 11 is 0. The van der Waals surface area contributed by atoms with E-state index in [1.807, 2.05) is 0 Å². The van der Waals surface area contributed by atoms with Crippen LogP contribution in [0.3, 0.4) is 0 Å². The molecule has 2 N–H and O–H groups in total. The first-order valence-electron chi connectivity index (χ1n) is 6.35. The Balaban J connectivity index is 2.86. The van der Waals surface area contributed by atoms with Gasteiger partial charge in [-0.15, -0.1) is 0 Å². The molecule has 1 aromatic rings. The summed E-state index contributed by atoms with van der Waals surface area (Å²) in [4.78, 5) is 0.237. The van der Waals surface area contributed by atoms with E-state index in [0.29, 0.717) is 31.9 Å². The summed E-state index contributed by atoms with van der Waals surface area (Å²) in [7, 11) is 1.45. The SMILES string of the molecule is CNCc1cc(S(=O)(=O)NCCCOC)ccc1OC. The van der Waals surface area contributed by atoms with Crippen molar-refractivity contribution in [1.29, 1.82) is 0 Å². The highest BCUT2D eigenvalue weighted by atomic mass is 32.2. The summed E-state index contributed by atoms with van der Waals surface area (Å²) in [5.74, 6) is 0.665. The molecule has 0 aromatic heterocycles. The van der Waals surface area contributed by atoms with Gasteiger partial charge in [-0.2, -0.15) is 0 Å². The molecule has 0 aliphatic rings. The maximum Gasteiger partial charge on any atom is 0.240 e. The van der Waals surface area contributed by atoms with Crippen LogP contribution in [-0.2, 0) is 21.3 Å². The third-order valence-corrected chi connectivity index (χ3v) is 4.21. The Morgan fingerprint density at radius 2 is 2.00 bits per heavy atom. The molecule has 0 aliphatic heterocycles. The first kappa shape index (κ1) is 16.9. The fourth-order valence-corrected chi connectivity index (χ4v) is 2.88. The van der Waals surface area contributed by atoms with Crippen molar-refractivity contribution in [3.63, 3.8) is 0 Å². The van der Waals surface area contributed by atoms with E-state index in [1.54, 1.807) is 33.4 Å². The number of benzene rings is 1. The van der Waals surface area contributed by atoms with Gasteiger partial charge in [-0.05, 0) is 31.7 Å². The Morgan fingerprint density at radius 1 is 1.25 bits per heavy atom. The molecule has 0 spiro atoms. The van der Waals surface area contributed by atoms with Crippen molar-refractivity contribution < 1.29 is 17.9 Å². The largest absolute Gasteiger partial charge is 0.496 e. The fraction of sp³-hybridized carbons (Fsp3) is 0.538. The number of rotatable bonds is 9. The molecular formula is C13H22N2O4S. The summed E-state index contributed by atoms with van der Waals surface area (Å²) < 4.78 is 36.9. The maximum atomic E-state index is 12.1. The van der Waals surface area contributed by atoms with Crippen LogP contribution in [0.1, 0.15) is 12.0 Å². The molecule has 1 rings (SSSR count). The highest BCUT2D eigenvalue weighted by molar-refractivity contribution is 7.89. The molecule has 0 aliphatic carbocycles. The van der Waals surface area contributed by atoms with Gasteiger partial charge >= 0.3 is 0 Å². The third kappa shape index (κ3) is 4.75. The average molecular weight is 302 g/mol. The van der Waals surface area contributed by atoms with Gasteiger partial charge in [-0.1, -0.05) is 0 Å². The second kappa shape index (κ2) is 8.21. The summed E-state index contributed by atoms with van der Waals surface area (Å²) in [6, 6.07) is 4.82. The number of ether oxygens (including phenoxy) is 2. The van der Waals surface area contributed by atoms with E-state index in [0.717, 1.165) is 5.56 Å². The molecular weight excluding hydrogens is 280 g/mol. The first-order valence-corrected chi connectivity index (χ1v) is 7.83. The zero-order valence-corrected chi connectivity index (χ0v) is 12.9. The smallest absolute Gasteiger partial charge is 0.240 e. The summed E-state index contributed by atoms with van der Waals surface area (Å²) in [5.41, 5.74) is 0.801. The molecule has 0 atom stereocenters. The second-order valence-electron chi connectivity index (χ2n) is 4.25. The Labute approximate surface area is 120 Å². The average Bonchev–Trinajstić information content (AvgIpc) is 2.44. The van der Waals surface area contributed by atoms with Crippen LogP contribution in [0.25, 0.3) is 0 Å². The summed E-state index contributed by atoms with van der Waals surface area (Å²) in [5, 5.41) is 2.99. The van der Waals surface area contributed by atoms with E-state index >= 15 is 0 Å². The molecule has 114 valence electrons. The lowest BCUT2D eigenvalue weighted by molar-refractivity contribution is 0.196. The quantitative estimate of drug-likeness (QED) is 0.658. The standard InChI is InChI=1S/C13H22N2O4S/c1-14-10-11-9-12(5-6-13(11)19-3)20(16,17)15-7-4-8-18-2/h5-6,9,14-15H,4,7-8,10H2,1-3H3. The molecule has 1 aromatic carbocycles. The van der Waals surface area contributed by atoms with Gasteiger partial charge in [-0.25, -0.2) is 13.1 Å². The number of hydrogen-bond donors (Lipinski definition) is 2. The van der Waals surface area contributed by atoms with Gasteiger partial charge < -0.3 is 14.8 Å². The van der Waals surface area contributed by atoms with Crippen molar-refractivity contribution in [2.24, 2.45) is 0 Å². The highest BCUT2D eigenvalue weighted by Gasteiger charge is 2.15. The molecule has 20 heavy (non-hydrogen) atoms. The van der Waals surface area contributed by atoms with Crippen molar-refractivity contribution >= 4 is 10.0 Å². The molecule has 0 saturated carbocycles. The van der Waals surface area contributed by atoms with Crippen LogP contribution >= 0.6 is 0 Å². The lowest BCUT2D eigenvalue weighted by atomic mass is 10.2. The van der Waals surface area contributed by atoms with Gasteiger partial charge in [0.2, 0.25) is 10.0 Å². The van der Waals surface area contributed by atoms with E-state index in [-0.39, 0.29) is 4.90 Å². The Hall–Kier alpha value is -1.15. The molecule has 0 radical (unpaired) electrons. The van der Waals surface area contributed by atoms with Crippen molar-refractivity contribution in [3.05, 3.63) is 23.8 Å². The lowest BCUT2D eigenvalue weighted by Crippen LogP contribution is -2.25. The minimum absolute atomic E-state index is 0.237. The minimum atomic E-state index is -3.50. The molecule has 0 amide bonds. The fourth-order valence-electron chi connectivity index (χ4n) is 1.76. The predicted molar refractivity (Wildman–Crippen MR) is 77.4 cm³/mol. The monoisotopic (exact) mass is 302 g/mol. The van der Waals surface area contributed by atoms with Crippen LogP contribution < -0.4 is 14.8 Å². The van der Waals surface area contributed by atoms with E-state index < -0.39 is 10.0 Å². The lowest BCUT2D eigenvalue weighted by Gasteiger charge is -2.11. The Bertz CT molecular complexity index is 517. The molecule has 0 bridgehead atoms. The van der Waals surface area contributed by atoms with Crippen LogP contribution in [0, 0.1) is 0 Å². The molecule has 0 unspecified atom stereocenters. The van der Waals surface area contributed by atoms with Crippen LogP contribution in [0.15, 0.2) is 23.1 Å². The van der Waals surface area contributed by atoms with E-state index in [4.69, 9.17) is 9.47 Å². The number of sulfonamides is 1. The van der Waals surface area contributed by atoms with Crippen molar-refractivity contribution in [3.8, 4) is 5.75 Å². The maximum absolute atomic E-state index is 12.1. The van der Waals surface area contributed by atoms with Crippen LogP contribution in [-0.4, -0.2) is 42.8 Å². The van der Waals surface area contributed by atoms with E-state index in [9.17, 15) is 8.42 Å². The van der Waals surface area contributed by atoms with Crippen LogP contribution in [0.2, 0.25) is 0 Å². The Kier molecular flexibility index (Phi) is 6.94. The number of hydrogen-bond acceptors (Lipinski definition) is 5. The Morgan fingerprint density at radius 3 is 2.60 bits per heavy atom. The summed E-state index contributed by atoms with van der Waals surface area (Å²) in [6.07, 6.45) is 0.634. The zero-order chi connectivity index (χ0) is 15.0. The van der Waals surface area contributed by atoms with Gasteiger partial charge in [0.05, 0.1) is 12.0 Å². The topological polar surface area (TPSA) is 76.7 Å². The van der Waals surface area contributed by atoms with Crippen LogP contribution in [0.5, 0.6) is 5.75 Å². The van der Waals surface area contributed by atoms with Gasteiger partial charge in [0, 0.05) is 32.4 Å². The molecule has 0 saturated heterocycles. The predicted octanol–water partition coefficient (Wildman–Crippen LogP) is 0.729. The minimum Gasteiger partial charge on any atom is -0.496 e. The molecule has 7 heteroatoms. The van der Waals surface area contributed by atoms with Gasteiger partial charge in [0.15, 0.2) is 0 Å². The van der Waals surface area contributed by atoms with Gasteiger partial charge in [0.1, 0.15) is 5.75 Å². The van der Waals surface area contributed by atoms with Gasteiger partial charge in [0.25, 0.3) is 0 Å². The van der Waals surface area contributed by atoms with E-state index in [2.05, 4.69) is 10.0 Å². The molecule has 0 heterocycles. The molecule has 0 fully saturated rings. The number of nitrogens with one attached hydrogen (secondary N) is 2. The van der Waals surface area contributed by atoms with Crippen molar-refractivity contribution in [2.45, 2.75) is 17.9 Å². The zero-order valence-electron chi connectivity index (χ0n) is 12.1. The number of methoxy groups -OCH3 is 2. The summed E-state index contributed by atoms with van der Waals surface area (Å²) in [6.45, 7) is 1.41. The van der Waals surface area contributed by atoms with Crippen molar-refractivity contribution in [2.75, 3.05) is 34.4 Å². The molecule has 6 nitrogen and oxygen atoms in total. The van der Waals surface area contributed by atoms with Crippen LogP contribution in [0.4, 0.5) is 0 Å². The van der Waals surface area contributed by atoms with E-state index in [1.165, 1.54) is 6.07 Å². The third-order valence-electron chi connectivity index (χ3n) is 2.75. The van der Waals surface area contributed by atoms with Crippen molar-refractivity contribution in [1.82, 2.24) is 10.0 Å².